The van der Waals surface area contributed by atoms with Crippen LogP contribution in [0.2, 0.25) is 0 Å². The molecule has 2 aromatic rings. The molecule has 92 valence electrons. The maximum Gasteiger partial charge on any atom is 0.269 e. The van der Waals surface area contributed by atoms with Crippen molar-refractivity contribution >= 4 is 40.0 Å². The highest BCUT2D eigenvalue weighted by molar-refractivity contribution is 14.1. The second-order valence-electron chi connectivity index (χ2n) is 3.47. The first kappa shape index (κ1) is 13.2. The Morgan fingerprint density at radius 2 is 1.72 bits per heavy atom. The molecule has 0 heterocycles. The summed E-state index contributed by atoms with van der Waals surface area (Å²) in [6, 6.07) is 11.7. The predicted molar refractivity (Wildman–Crippen MR) is 78.0 cm³/mol. The van der Waals surface area contributed by atoms with E-state index in [0.717, 1.165) is 13.4 Å². The number of phenols is 1. The summed E-state index contributed by atoms with van der Waals surface area (Å²) in [6.07, 6.45) is 0. The summed E-state index contributed by atoms with van der Waals surface area (Å²) in [5, 5.41) is 20.1. The molecule has 0 saturated heterocycles. The Kier molecular flexibility index (Phi) is 4.07. The van der Waals surface area contributed by atoms with Gasteiger partial charge in [-0.15, -0.1) is 0 Å². The van der Waals surface area contributed by atoms with Crippen LogP contribution in [0.3, 0.4) is 0 Å². The molecule has 1 N–H and O–H groups in total. The van der Waals surface area contributed by atoms with Gasteiger partial charge < -0.3 is 5.11 Å². The number of nitrogens with zero attached hydrogens (tertiary/aromatic N) is 1. The van der Waals surface area contributed by atoms with Gasteiger partial charge in [0.05, 0.1) is 8.49 Å². The summed E-state index contributed by atoms with van der Waals surface area (Å²) in [6.45, 7) is 0. The third-order valence-corrected chi connectivity index (χ3v) is 4.11. The van der Waals surface area contributed by atoms with E-state index in [0.29, 0.717) is 0 Å². The molecular formula is C12H8INO3S. The Balaban J connectivity index is 2.18. The standard InChI is InChI=1S/C12H8INO3S/c13-11-6-5-10(7-12(11)15)18-9-3-1-8(2-4-9)14(16)17/h1-7,15H. The highest BCUT2D eigenvalue weighted by atomic mass is 127. The summed E-state index contributed by atoms with van der Waals surface area (Å²) >= 11 is 3.49. The van der Waals surface area contributed by atoms with Gasteiger partial charge >= 0.3 is 0 Å². The first-order valence-electron chi connectivity index (χ1n) is 4.97. The van der Waals surface area contributed by atoms with Crippen molar-refractivity contribution in [1.29, 1.82) is 0 Å². The van der Waals surface area contributed by atoms with Gasteiger partial charge in [-0.05, 0) is 52.9 Å². The monoisotopic (exact) mass is 373 g/mol. The van der Waals surface area contributed by atoms with E-state index in [1.54, 1.807) is 18.2 Å². The van der Waals surface area contributed by atoms with Gasteiger partial charge in [0.1, 0.15) is 5.75 Å². The van der Waals surface area contributed by atoms with Crippen molar-refractivity contribution < 1.29 is 10.0 Å². The highest BCUT2D eigenvalue weighted by Crippen LogP contribution is 2.32. The molecule has 0 bridgehead atoms. The van der Waals surface area contributed by atoms with E-state index < -0.39 is 4.92 Å². The Morgan fingerprint density at radius 3 is 2.28 bits per heavy atom. The zero-order valence-corrected chi connectivity index (χ0v) is 12.0. The van der Waals surface area contributed by atoms with Crippen LogP contribution in [0.25, 0.3) is 0 Å². The number of non-ortho nitro benzene ring substituents is 1. The van der Waals surface area contributed by atoms with Gasteiger partial charge in [-0.3, -0.25) is 10.1 Å². The number of aromatic hydroxyl groups is 1. The Labute approximate surface area is 121 Å². The van der Waals surface area contributed by atoms with E-state index in [9.17, 15) is 15.2 Å². The molecule has 0 aliphatic heterocycles. The lowest BCUT2D eigenvalue weighted by Crippen LogP contribution is -1.86. The smallest absolute Gasteiger partial charge is 0.269 e. The van der Waals surface area contributed by atoms with Crippen molar-refractivity contribution in [1.82, 2.24) is 0 Å². The second kappa shape index (κ2) is 5.57. The van der Waals surface area contributed by atoms with Gasteiger partial charge in [-0.1, -0.05) is 11.8 Å². The lowest BCUT2D eigenvalue weighted by atomic mass is 10.3. The van der Waals surface area contributed by atoms with Crippen molar-refractivity contribution in [2.24, 2.45) is 0 Å². The van der Waals surface area contributed by atoms with Gasteiger partial charge in [0.25, 0.3) is 5.69 Å². The van der Waals surface area contributed by atoms with Crippen LogP contribution >= 0.6 is 34.4 Å². The number of halogens is 1. The zero-order valence-electron chi connectivity index (χ0n) is 9.04. The molecule has 0 saturated carbocycles. The minimum Gasteiger partial charge on any atom is -0.507 e. The fourth-order valence-electron chi connectivity index (χ4n) is 1.33. The maximum atomic E-state index is 10.5. The molecule has 0 aromatic heterocycles. The Hall–Kier alpha value is -1.28. The third-order valence-electron chi connectivity index (χ3n) is 2.20. The van der Waals surface area contributed by atoms with Crippen LogP contribution in [-0.4, -0.2) is 10.0 Å². The van der Waals surface area contributed by atoms with E-state index in [1.165, 1.54) is 23.9 Å². The van der Waals surface area contributed by atoms with Crippen LogP contribution < -0.4 is 0 Å². The number of phenolic OH excluding ortho intramolecular Hbond substituents is 1. The number of nitro groups is 1. The van der Waals surface area contributed by atoms with Gasteiger partial charge in [0, 0.05) is 21.9 Å². The number of hydrogen-bond donors (Lipinski definition) is 1. The average molecular weight is 373 g/mol. The summed E-state index contributed by atoms with van der Waals surface area (Å²) < 4.78 is 0.792. The molecule has 0 spiro atoms. The normalized spacial score (nSPS) is 10.3. The minimum absolute atomic E-state index is 0.0739. The van der Waals surface area contributed by atoms with Crippen LogP contribution in [0.4, 0.5) is 5.69 Å². The van der Waals surface area contributed by atoms with Crippen LogP contribution in [0.1, 0.15) is 0 Å². The zero-order chi connectivity index (χ0) is 13.1. The van der Waals surface area contributed by atoms with Crippen molar-refractivity contribution in [3.63, 3.8) is 0 Å². The first-order valence-corrected chi connectivity index (χ1v) is 6.86. The highest BCUT2D eigenvalue weighted by Gasteiger charge is 2.06. The average Bonchev–Trinajstić information content (AvgIpc) is 2.34. The molecule has 18 heavy (non-hydrogen) atoms. The summed E-state index contributed by atoms with van der Waals surface area (Å²) in [5.74, 6) is 0.238. The summed E-state index contributed by atoms with van der Waals surface area (Å²) in [7, 11) is 0. The number of benzene rings is 2. The number of nitro benzene ring substituents is 1. The van der Waals surface area contributed by atoms with Gasteiger partial charge in [-0.25, -0.2) is 0 Å². The lowest BCUT2D eigenvalue weighted by Gasteiger charge is -2.03. The fourth-order valence-corrected chi connectivity index (χ4v) is 2.51. The molecule has 0 atom stereocenters. The molecular weight excluding hydrogens is 365 g/mol. The van der Waals surface area contributed by atoms with E-state index in [2.05, 4.69) is 0 Å². The van der Waals surface area contributed by atoms with Crippen LogP contribution in [0.5, 0.6) is 5.75 Å². The summed E-state index contributed by atoms with van der Waals surface area (Å²) in [4.78, 5) is 11.9. The SMILES string of the molecule is O=[N+]([O-])c1ccc(Sc2ccc(I)c(O)c2)cc1. The van der Waals surface area contributed by atoms with Gasteiger partial charge in [0.15, 0.2) is 0 Å². The maximum absolute atomic E-state index is 10.5. The molecule has 4 nitrogen and oxygen atoms in total. The van der Waals surface area contributed by atoms with E-state index in [1.807, 2.05) is 34.7 Å². The van der Waals surface area contributed by atoms with E-state index >= 15 is 0 Å². The molecule has 0 aliphatic carbocycles. The van der Waals surface area contributed by atoms with Crippen molar-refractivity contribution in [2.75, 3.05) is 0 Å². The molecule has 0 radical (unpaired) electrons. The largest absolute Gasteiger partial charge is 0.507 e. The van der Waals surface area contributed by atoms with E-state index in [4.69, 9.17) is 0 Å². The molecule has 2 rings (SSSR count). The van der Waals surface area contributed by atoms with Crippen molar-refractivity contribution in [2.45, 2.75) is 9.79 Å². The van der Waals surface area contributed by atoms with E-state index in [-0.39, 0.29) is 11.4 Å². The summed E-state index contributed by atoms with van der Waals surface area (Å²) in [5.41, 5.74) is 0.0739. The third kappa shape index (κ3) is 3.14. The quantitative estimate of drug-likeness (QED) is 0.501. The van der Waals surface area contributed by atoms with Crippen LogP contribution in [-0.2, 0) is 0 Å². The molecule has 6 heteroatoms. The molecule has 0 unspecified atom stereocenters. The lowest BCUT2D eigenvalue weighted by molar-refractivity contribution is -0.384. The minimum atomic E-state index is -0.425. The van der Waals surface area contributed by atoms with Crippen molar-refractivity contribution in [3.05, 3.63) is 56.1 Å². The van der Waals surface area contributed by atoms with Crippen LogP contribution in [0, 0.1) is 13.7 Å². The van der Waals surface area contributed by atoms with Gasteiger partial charge in [-0.2, -0.15) is 0 Å². The number of hydrogen-bond acceptors (Lipinski definition) is 4. The van der Waals surface area contributed by atoms with Crippen molar-refractivity contribution in [3.8, 4) is 5.75 Å². The fraction of sp³-hybridized carbons (Fsp3) is 0. The molecule has 0 aliphatic rings. The molecule has 0 fully saturated rings. The Bertz CT molecular complexity index is 586. The second-order valence-corrected chi connectivity index (χ2v) is 5.78. The predicted octanol–water partition coefficient (Wildman–Crippen LogP) is 4.06. The molecule has 2 aromatic carbocycles. The Morgan fingerprint density at radius 1 is 1.11 bits per heavy atom. The number of rotatable bonds is 3. The molecule has 0 amide bonds. The first-order chi connectivity index (χ1) is 8.56. The van der Waals surface area contributed by atoms with Gasteiger partial charge in [0.2, 0.25) is 0 Å². The topological polar surface area (TPSA) is 63.4 Å². The van der Waals surface area contributed by atoms with Crippen LogP contribution in [0.15, 0.2) is 52.3 Å².